The van der Waals surface area contributed by atoms with Gasteiger partial charge in [0, 0.05) is 17.9 Å². The van der Waals surface area contributed by atoms with Crippen LogP contribution in [-0.2, 0) is 11.2 Å². The molecule has 120 valence electrons. The van der Waals surface area contributed by atoms with E-state index in [0.29, 0.717) is 17.3 Å². The predicted octanol–water partition coefficient (Wildman–Crippen LogP) is 3.15. The number of aromatic nitrogens is 1. The SMILES string of the molecule is CCc1cc(C)c(C(=O)Nc2ccc(NC(=O)C3CC3)nc2)o1. The molecule has 0 aliphatic heterocycles. The fourth-order valence-electron chi connectivity index (χ4n) is 2.25. The van der Waals surface area contributed by atoms with Gasteiger partial charge < -0.3 is 15.1 Å². The Morgan fingerprint density at radius 3 is 2.65 bits per heavy atom. The van der Waals surface area contributed by atoms with Gasteiger partial charge in [-0.1, -0.05) is 6.92 Å². The molecule has 1 aliphatic carbocycles. The van der Waals surface area contributed by atoms with Crippen molar-refractivity contribution in [1.29, 1.82) is 0 Å². The Kier molecular flexibility index (Phi) is 4.14. The first-order chi connectivity index (χ1) is 11.1. The minimum Gasteiger partial charge on any atom is -0.456 e. The summed E-state index contributed by atoms with van der Waals surface area (Å²) < 4.78 is 5.52. The van der Waals surface area contributed by atoms with Gasteiger partial charge in [0.15, 0.2) is 5.76 Å². The maximum Gasteiger partial charge on any atom is 0.291 e. The third-order valence-electron chi connectivity index (χ3n) is 3.74. The summed E-state index contributed by atoms with van der Waals surface area (Å²) in [6, 6.07) is 5.23. The molecule has 6 nitrogen and oxygen atoms in total. The average Bonchev–Trinajstić information content (AvgIpc) is 3.32. The molecule has 2 heterocycles. The highest BCUT2D eigenvalue weighted by Crippen LogP contribution is 2.30. The zero-order valence-electron chi connectivity index (χ0n) is 13.2. The number of aryl methyl sites for hydroxylation is 2. The van der Waals surface area contributed by atoms with E-state index in [9.17, 15) is 9.59 Å². The largest absolute Gasteiger partial charge is 0.456 e. The van der Waals surface area contributed by atoms with E-state index in [-0.39, 0.29) is 17.7 Å². The Morgan fingerprint density at radius 1 is 1.30 bits per heavy atom. The summed E-state index contributed by atoms with van der Waals surface area (Å²) in [7, 11) is 0. The number of hydrogen-bond acceptors (Lipinski definition) is 4. The highest BCUT2D eigenvalue weighted by atomic mass is 16.4. The van der Waals surface area contributed by atoms with Gasteiger partial charge in [-0.15, -0.1) is 0 Å². The van der Waals surface area contributed by atoms with Gasteiger partial charge in [-0.05, 0) is 38.0 Å². The Balaban J connectivity index is 1.64. The van der Waals surface area contributed by atoms with E-state index >= 15 is 0 Å². The molecule has 0 spiro atoms. The third kappa shape index (κ3) is 3.59. The van der Waals surface area contributed by atoms with Crippen molar-refractivity contribution in [3.63, 3.8) is 0 Å². The van der Waals surface area contributed by atoms with Crippen LogP contribution in [0, 0.1) is 12.8 Å². The van der Waals surface area contributed by atoms with Gasteiger partial charge in [-0.2, -0.15) is 0 Å². The van der Waals surface area contributed by atoms with Crippen LogP contribution < -0.4 is 10.6 Å². The lowest BCUT2D eigenvalue weighted by Crippen LogP contribution is -2.15. The van der Waals surface area contributed by atoms with E-state index in [2.05, 4.69) is 15.6 Å². The summed E-state index contributed by atoms with van der Waals surface area (Å²) in [4.78, 5) is 28.0. The van der Waals surface area contributed by atoms with Crippen molar-refractivity contribution in [2.75, 3.05) is 10.6 Å². The number of hydrogen-bond donors (Lipinski definition) is 2. The molecule has 0 atom stereocenters. The van der Waals surface area contributed by atoms with E-state index in [0.717, 1.165) is 30.6 Å². The van der Waals surface area contributed by atoms with Crippen LogP contribution in [0.15, 0.2) is 28.8 Å². The zero-order chi connectivity index (χ0) is 16.4. The van der Waals surface area contributed by atoms with E-state index < -0.39 is 0 Å². The van der Waals surface area contributed by atoms with Gasteiger partial charge in [0.2, 0.25) is 5.91 Å². The molecule has 6 heteroatoms. The van der Waals surface area contributed by atoms with Crippen LogP contribution in [0.25, 0.3) is 0 Å². The Labute approximate surface area is 134 Å². The standard InChI is InChI=1S/C17H19N3O3/c1-3-13-8-10(2)15(23-13)17(22)19-12-6-7-14(18-9-12)20-16(21)11-4-5-11/h6-9,11H,3-5H2,1-2H3,(H,19,22)(H,18,20,21). The van der Waals surface area contributed by atoms with Crippen molar-refractivity contribution in [3.8, 4) is 0 Å². The topological polar surface area (TPSA) is 84.2 Å². The molecule has 0 unspecified atom stereocenters. The molecular weight excluding hydrogens is 294 g/mol. The smallest absolute Gasteiger partial charge is 0.291 e. The molecule has 2 N–H and O–H groups in total. The van der Waals surface area contributed by atoms with Gasteiger partial charge in [-0.3, -0.25) is 9.59 Å². The van der Waals surface area contributed by atoms with E-state index in [4.69, 9.17) is 4.42 Å². The molecule has 0 bridgehead atoms. The van der Waals surface area contributed by atoms with Crippen molar-refractivity contribution in [1.82, 2.24) is 4.98 Å². The van der Waals surface area contributed by atoms with Gasteiger partial charge in [0.25, 0.3) is 5.91 Å². The van der Waals surface area contributed by atoms with Gasteiger partial charge >= 0.3 is 0 Å². The molecule has 3 rings (SSSR count). The third-order valence-corrected chi connectivity index (χ3v) is 3.74. The molecule has 1 saturated carbocycles. The summed E-state index contributed by atoms with van der Waals surface area (Å²) in [5.41, 5.74) is 1.36. The molecule has 23 heavy (non-hydrogen) atoms. The van der Waals surface area contributed by atoms with Crippen LogP contribution in [0.5, 0.6) is 0 Å². The molecule has 2 aromatic heterocycles. The minimum atomic E-state index is -0.307. The van der Waals surface area contributed by atoms with Crippen molar-refractivity contribution in [2.24, 2.45) is 5.92 Å². The number of nitrogens with one attached hydrogen (secondary N) is 2. The quantitative estimate of drug-likeness (QED) is 0.888. The van der Waals surface area contributed by atoms with Crippen LogP contribution >= 0.6 is 0 Å². The summed E-state index contributed by atoms with van der Waals surface area (Å²) >= 11 is 0. The molecular formula is C17H19N3O3. The number of anilines is 2. The molecule has 0 radical (unpaired) electrons. The second kappa shape index (κ2) is 6.24. The van der Waals surface area contributed by atoms with Gasteiger partial charge in [-0.25, -0.2) is 4.98 Å². The lowest BCUT2D eigenvalue weighted by atomic mass is 10.2. The first-order valence-electron chi connectivity index (χ1n) is 7.74. The maximum absolute atomic E-state index is 12.2. The highest BCUT2D eigenvalue weighted by Gasteiger charge is 2.29. The monoisotopic (exact) mass is 313 g/mol. The fourth-order valence-corrected chi connectivity index (χ4v) is 2.25. The van der Waals surface area contributed by atoms with Crippen molar-refractivity contribution in [2.45, 2.75) is 33.1 Å². The number of amides is 2. The summed E-state index contributed by atoms with van der Waals surface area (Å²) in [5, 5.41) is 5.50. The van der Waals surface area contributed by atoms with Gasteiger partial charge in [0.1, 0.15) is 11.6 Å². The lowest BCUT2D eigenvalue weighted by Gasteiger charge is -2.06. The Bertz CT molecular complexity index is 730. The van der Waals surface area contributed by atoms with Crippen LogP contribution in [-0.4, -0.2) is 16.8 Å². The van der Waals surface area contributed by atoms with Crippen molar-refractivity contribution >= 4 is 23.3 Å². The molecule has 0 saturated heterocycles. The Hall–Kier alpha value is -2.63. The first-order valence-corrected chi connectivity index (χ1v) is 7.74. The normalized spacial score (nSPS) is 13.7. The number of rotatable bonds is 5. The average molecular weight is 313 g/mol. The molecule has 0 aromatic carbocycles. The summed E-state index contributed by atoms with van der Waals surface area (Å²) in [6.45, 7) is 3.81. The summed E-state index contributed by atoms with van der Waals surface area (Å²) in [5.74, 6) is 1.41. The van der Waals surface area contributed by atoms with Crippen LogP contribution in [0.4, 0.5) is 11.5 Å². The van der Waals surface area contributed by atoms with E-state index in [1.807, 2.05) is 19.9 Å². The zero-order valence-corrected chi connectivity index (χ0v) is 13.2. The van der Waals surface area contributed by atoms with Crippen LogP contribution in [0.3, 0.4) is 0 Å². The number of furan rings is 1. The minimum absolute atomic E-state index is 0.00703. The second-order valence-electron chi connectivity index (χ2n) is 5.73. The fraction of sp³-hybridized carbons (Fsp3) is 0.353. The second-order valence-corrected chi connectivity index (χ2v) is 5.73. The predicted molar refractivity (Wildman–Crippen MR) is 86.4 cm³/mol. The van der Waals surface area contributed by atoms with E-state index in [1.165, 1.54) is 6.20 Å². The maximum atomic E-state index is 12.2. The Morgan fingerprint density at radius 2 is 2.09 bits per heavy atom. The van der Waals surface area contributed by atoms with Crippen molar-refractivity contribution < 1.29 is 14.0 Å². The number of carbonyl (C=O) groups is 2. The first kappa shape index (κ1) is 15.3. The van der Waals surface area contributed by atoms with Crippen LogP contribution in [0.1, 0.15) is 41.6 Å². The van der Waals surface area contributed by atoms with Crippen LogP contribution in [0.2, 0.25) is 0 Å². The molecule has 1 aliphatic rings. The number of pyridine rings is 1. The molecule has 1 fully saturated rings. The number of nitrogens with zero attached hydrogens (tertiary/aromatic N) is 1. The van der Waals surface area contributed by atoms with Crippen molar-refractivity contribution in [3.05, 3.63) is 41.5 Å². The lowest BCUT2D eigenvalue weighted by molar-refractivity contribution is -0.117. The molecule has 2 amide bonds. The highest BCUT2D eigenvalue weighted by molar-refractivity contribution is 6.03. The molecule has 2 aromatic rings. The van der Waals surface area contributed by atoms with E-state index in [1.54, 1.807) is 12.1 Å². The van der Waals surface area contributed by atoms with Gasteiger partial charge in [0.05, 0.1) is 11.9 Å². The number of carbonyl (C=O) groups excluding carboxylic acids is 2. The summed E-state index contributed by atoms with van der Waals surface area (Å²) in [6.07, 6.45) is 4.15.